The number of amides is 1. The second-order valence-electron chi connectivity index (χ2n) is 6.73. The van der Waals surface area contributed by atoms with Gasteiger partial charge in [-0.3, -0.25) is 9.78 Å². The lowest BCUT2D eigenvalue weighted by atomic mass is 10.1. The van der Waals surface area contributed by atoms with Gasteiger partial charge in [0.1, 0.15) is 18.2 Å². The van der Waals surface area contributed by atoms with Crippen molar-refractivity contribution in [3.05, 3.63) is 60.2 Å². The summed E-state index contributed by atoms with van der Waals surface area (Å²) in [5.74, 6) is 0.663. The molecule has 1 aliphatic heterocycles. The van der Waals surface area contributed by atoms with Crippen LogP contribution in [-0.4, -0.2) is 48.1 Å². The van der Waals surface area contributed by atoms with Gasteiger partial charge in [-0.25, -0.2) is 4.39 Å². The summed E-state index contributed by atoms with van der Waals surface area (Å²) >= 11 is 0. The van der Waals surface area contributed by atoms with Crippen molar-refractivity contribution in [2.75, 3.05) is 26.2 Å². The predicted octanol–water partition coefficient (Wildman–Crippen LogP) is 2.81. The third-order valence-electron chi connectivity index (χ3n) is 4.86. The molecule has 1 saturated heterocycles. The molecule has 2 heterocycles. The van der Waals surface area contributed by atoms with E-state index in [0.29, 0.717) is 24.8 Å². The summed E-state index contributed by atoms with van der Waals surface area (Å²) in [7, 11) is 0. The minimum absolute atomic E-state index is 0.258. The maximum Gasteiger partial charge on any atom is 0.222 e. The molecule has 1 amide bonds. The highest BCUT2D eigenvalue weighted by molar-refractivity contribution is 5.78. The number of hydrogen-bond acceptors (Lipinski definition) is 4. The molecule has 0 spiro atoms. The Balaban J connectivity index is 1.33. The second kappa shape index (κ2) is 10.0. The van der Waals surface area contributed by atoms with Crippen molar-refractivity contribution in [2.24, 2.45) is 0 Å². The van der Waals surface area contributed by atoms with E-state index in [1.54, 1.807) is 24.5 Å². The molecule has 1 fully saturated rings. The molecular weight excluding hydrogens is 345 g/mol. The molecule has 1 aromatic carbocycles. The van der Waals surface area contributed by atoms with Crippen LogP contribution in [0.4, 0.5) is 4.39 Å². The molecule has 5 nitrogen and oxygen atoms in total. The molecule has 0 bridgehead atoms. The predicted molar refractivity (Wildman–Crippen MR) is 102 cm³/mol. The zero-order chi connectivity index (χ0) is 18.9. The van der Waals surface area contributed by atoms with Crippen LogP contribution < -0.4 is 10.1 Å². The first kappa shape index (κ1) is 19.3. The smallest absolute Gasteiger partial charge is 0.222 e. The lowest BCUT2D eigenvalue weighted by molar-refractivity contribution is -0.129. The molecule has 3 rings (SSSR count). The molecule has 1 aromatic heterocycles. The SMILES string of the molecule is O=C1CC[C@@H](CCNCCOc2ccc(F)cc2)N1CCc1ccncc1. The monoisotopic (exact) mass is 371 g/mol. The molecule has 0 aliphatic carbocycles. The maximum absolute atomic E-state index is 12.8. The Morgan fingerprint density at radius 3 is 2.70 bits per heavy atom. The van der Waals surface area contributed by atoms with Gasteiger partial charge in [-0.1, -0.05) is 0 Å². The van der Waals surface area contributed by atoms with E-state index in [1.807, 2.05) is 17.0 Å². The van der Waals surface area contributed by atoms with Crippen molar-refractivity contribution < 1.29 is 13.9 Å². The van der Waals surface area contributed by atoms with Crippen LogP contribution in [-0.2, 0) is 11.2 Å². The van der Waals surface area contributed by atoms with E-state index in [1.165, 1.54) is 17.7 Å². The highest BCUT2D eigenvalue weighted by Crippen LogP contribution is 2.21. The number of ether oxygens (including phenoxy) is 1. The van der Waals surface area contributed by atoms with Gasteiger partial charge < -0.3 is 15.0 Å². The Kier molecular flexibility index (Phi) is 7.16. The maximum atomic E-state index is 12.8. The number of nitrogens with one attached hydrogen (secondary N) is 1. The molecule has 27 heavy (non-hydrogen) atoms. The van der Waals surface area contributed by atoms with Crippen LogP contribution in [0.3, 0.4) is 0 Å². The van der Waals surface area contributed by atoms with Crippen LogP contribution in [0.1, 0.15) is 24.8 Å². The summed E-state index contributed by atoms with van der Waals surface area (Å²) in [6, 6.07) is 10.3. The number of aromatic nitrogens is 1. The van der Waals surface area contributed by atoms with E-state index in [-0.39, 0.29) is 11.7 Å². The van der Waals surface area contributed by atoms with Crippen LogP contribution in [0, 0.1) is 5.82 Å². The number of carbonyl (C=O) groups is 1. The molecule has 6 heteroatoms. The van der Waals surface area contributed by atoms with E-state index in [0.717, 1.165) is 38.9 Å². The lowest BCUT2D eigenvalue weighted by Crippen LogP contribution is -2.37. The molecule has 0 unspecified atom stereocenters. The summed E-state index contributed by atoms with van der Waals surface area (Å²) in [6.07, 6.45) is 6.97. The first-order chi connectivity index (χ1) is 13.2. The Morgan fingerprint density at radius 1 is 1.15 bits per heavy atom. The van der Waals surface area contributed by atoms with Crippen molar-refractivity contribution in [2.45, 2.75) is 31.7 Å². The Labute approximate surface area is 159 Å². The fourth-order valence-electron chi connectivity index (χ4n) is 3.37. The molecule has 1 N–H and O–H groups in total. The Morgan fingerprint density at radius 2 is 1.93 bits per heavy atom. The van der Waals surface area contributed by atoms with E-state index < -0.39 is 0 Å². The van der Waals surface area contributed by atoms with Crippen molar-refractivity contribution >= 4 is 5.91 Å². The summed E-state index contributed by atoms with van der Waals surface area (Å²) in [4.78, 5) is 18.2. The van der Waals surface area contributed by atoms with Crippen molar-refractivity contribution in [1.82, 2.24) is 15.2 Å². The fourth-order valence-corrected chi connectivity index (χ4v) is 3.37. The summed E-state index contributed by atoms with van der Waals surface area (Å²) < 4.78 is 18.4. The van der Waals surface area contributed by atoms with Gasteiger partial charge in [0, 0.05) is 37.9 Å². The van der Waals surface area contributed by atoms with Gasteiger partial charge >= 0.3 is 0 Å². The molecule has 2 aromatic rings. The average Bonchev–Trinajstić information content (AvgIpc) is 3.04. The quantitative estimate of drug-likeness (QED) is 0.653. The van der Waals surface area contributed by atoms with E-state index in [2.05, 4.69) is 10.3 Å². The number of halogens is 1. The Bertz CT molecular complexity index is 709. The van der Waals surface area contributed by atoms with E-state index in [9.17, 15) is 9.18 Å². The number of carbonyl (C=O) groups excluding carboxylic acids is 1. The fraction of sp³-hybridized carbons (Fsp3) is 0.429. The van der Waals surface area contributed by atoms with Gasteiger partial charge in [0.25, 0.3) is 0 Å². The summed E-state index contributed by atoms with van der Waals surface area (Å²) in [5, 5.41) is 3.36. The van der Waals surface area contributed by atoms with Gasteiger partial charge in [-0.05, 0) is 67.8 Å². The summed E-state index contributed by atoms with van der Waals surface area (Å²) in [5.41, 5.74) is 1.21. The van der Waals surface area contributed by atoms with Gasteiger partial charge in [-0.15, -0.1) is 0 Å². The first-order valence-corrected chi connectivity index (χ1v) is 9.50. The lowest BCUT2D eigenvalue weighted by Gasteiger charge is -2.25. The summed E-state index contributed by atoms with van der Waals surface area (Å²) in [6.45, 7) is 2.85. The molecular formula is C21H26FN3O2. The van der Waals surface area contributed by atoms with E-state index >= 15 is 0 Å². The Hall–Kier alpha value is -2.47. The highest BCUT2D eigenvalue weighted by atomic mass is 19.1. The third-order valence-corrected chi connectivity index (χ3v) is 4.86. The minimum atomic E-state index is -0.264. The molecule has 0 saturated carbocycles. The molecule has 1 aliphatic rings. The second-order valence-corrected chi connectivity index (χ2v) is 6.73. The van der Waals surface area contributed by atoms with Gasteiger partial charge in [0.2, 0.25) is 5.91 Å². The zero-order valence-corrected chi connectivity index (χ0v) is 15.4. The first-order valence-electron chi connectivity index (χ1n) is 9.50. The average molecular weight is 371 g/mol. The normalized spacial score (nSPS) is 16.7. The topological polar surface area (TPSA) is 54.5 Å². The van der Waals surface area contributed by atoms with Crippen molar-refractivity contribution in [1.29, 1.82) is 0 Å². The van der Waals surface area contributed by atoms with E-state index in [4.69, 9.17) is 4.74 Å². The third kappa shape index (κ3) is 6.03. The minimum Gasteiger partial charge on any atom is -0.492 e. The number of benzene rings is 1. The standard InChI is InChI=1S/C21H26FN3O2/c22-18-1-4-20(5-2-18)27-16-14-24-13-9-19-3-6-21(26)25(19)15-10-17-7-11-23-12-8-17/h1-2,4-5,7-8,11-12,19,24H,3,6,9-10,13-16H2/t19-/m0/s1. The highest BCUT2D eigenvalue weighted by Gasteiger charge is 2.29. The largest absolute Gasteiger partial charge is 0.492 e. The van der Waals surface area contributed by atoms with Crippen molar-refractivity contribution in [3.63, 3.8) is 0 Å². The number of likely N-dealkylation sites (tertiary alicyclic amines) is 1. The van der Waals surface area contributed by atoms with Crippen LogP contribution in [0.2, 0.25) is 0 Å². The molecule has 144 valence electrons. The number of pyridine rings is 1. The number of nitrogens with zero attached hydrogens (tertiary/aromatic N) is 2. The zero-order valence-electron chi connectivity index (χ0n) is 15.4. The number of rotatable bonds is 10. The van der Waals surface area contributed by atoms with Gasteiger partial charge in [0.15, 0.2) is 0 Å². The van der Waals surface area contributed by atoms with Gasteiger partial charge in [0.05, 0.1) is 0 Å². The molecule has 1 atom stereocenters. The van der Waals surface area contributed by atoms with Crippen molar-refractivity contribution in [3.8, 4) is 5.75 Å². The van der Waals surface area contributed by atoms with Gasteiger partial charge in [-0.2, -0.15) is 0 Å². The molecule has 0 radical (unpaired) electrons. The van der Waals surface area contributed by atoms with Crippen LogP contribution in [0.15, 0.2) is 48.8 Å². The van der Waals surface area contributed by atoms with Crippen LogP contribution >= 0.6 is 0 Å². The van der Waals surface area contributed by atoms with Crippen LogP contribution in [0.25, 0.3) is 0 Å². The number of hydrogen-bond donors (Lipinski definition) is 1. The van der Waals surface area contributed by atoms with Crippen LogP contribution in [0.5, 0.6) is 5.75 Å².